The maximum Gasteiger partial charge on any atom is 0.0932 e. The van der Waals surface area contributed by atoms with Gasteiger partial charge >= 0.3 is 0 Å². The monoisotopic (exact) mass is 104 g/mol. The first kappa shape index (κ1) is 6.47. The van der Waals surface area contributed by atoms with Gasteiger partial charge in [-0.25, -0.2) is 0 Å². The highest BCUT2D eigenvalue weighted by Gasteiger charge is 1.84. The molecule has 0 amide bonds. The number of alkyl halides is 1. The quantitative estimate of drug-likeness (QED) is 0.529. The van der Waals surface area contributed by atoms with Crippen molar-refractivity contribution in [1.29, 1.82) is 0 Å². The summed E-state index contributed by atoms with van der Waals surface area (Å²) < 4.78 is 11.3. The Balaban J connectivity index is 3.17. The van der Waals surface area contributed by atoms with Crippen molar-refractivity contribution in [3.05, 3.63) is 11.8 Å². The minimum Gasteiger partial charge on any atom is -0.516 e. The van der Waals surface area contributed by atoms with Crippen molar-refractivity contribution in [3.8, 4) is 0 Å². The Hall–Kier alpha value is -0.530. The van der Waals surface area contributed by atoms with E-state index < -0.39 is 0 Å². The van der Waals surface area contributed by atoms with Crippen molar-refractivity contribution >= 4 is 0 Å². The molecular weight excluding hydrogens is 95.1 g/mol. The number of aliphatic hydroxyl groups is 1. The van der Waals surface area contributed by atoms with Crippen molar-refractivity contribution in [1.82, 2.24) is 0 Å². The van der Waals surface area contributed by atoms with Crippen LogP contribution in [0, 0.1) is 0 Å². The van der Waals surface area contributed by atoms with Gasteiger partial charge in [-0.3, -0.25) is 4.39 Å². The van der Waals surface area contributed by atoms with Crippen LogP contribution in [0.15, 0.2) is 11.8 Å². The molecule has 0 aliphatic heterocycles. The predicted molar refractivity (Wildman–Crippen MR) is 27.0 cm³/mol. The van der Waals surface area contributed by atoms with Gasteiger partial charge in [-0.05, 0) is 18.9 Å². The molecule has 0 saturated heterocycles. The Kier molecular flexibility index (Phi) is 3.38. The lowest BCUT2D eigenvalue weighted by Crippen LogP contribution is -1.76. The lowest BCUT2D eigenvalue weighted by Gasteiger charge is -1.87. The summed E-state index contributed by atoms with van der Waals surface area (Å²) in [5.74, 6) is 0. The van der Waals surface area contributed by atoms with Crippen LogP contribution in [0.5, 0.6) is 0 Å². The van der Waals surface area contributed by atoms with Crippen molar-refractivity contribution in [2.75, 3.05) is 6.67 Å². The molecule has 0 fully saturated rings. The maximum absolute atomic E-state index is 11.3. The van der Waals surface area contributed by atoms with Gasteiger partial charge in [0, 0.05) is 0 Å². The SMILES string of the molecule is CC(=CO)CCF. The molecule has 42 valence electrons. The molecule has 0 atom stereocenters. The maximum atomic E-state index is 11.3. The highest BCUT2D eigenvalue weighted by Crippen LogP contribution is 1.96. The molecule has 0 aliphatic rings. The van der Waals surface area contributed by atoms with Crippen molar-refractivity contribution < 1.29 is 9.50 Å². The van der Waals surface area contributed by atoms with E-state index in [0.717, 1.165) is 6.26 Å². The van der Waals surface area contributed by atoms with E-state index in [-0.39, 0.29) is 6.67 Å². The summed E-state index contributed by atoms with van der Waals surface area (Å²) in [6.07, 6.45) is 1.27. The molecule has 0 aromatic carbocycles. The van der Waals surface area contributed by atoms with E-state index in [9.17, 15) is 4.39 Å². The lowest BCUT2D eigenvalue weighted by molar-refractivity contribution is 0.450. The third-order valence-corrected chi connectivity index (χ3v) is 0.709. The Bertz CT molecular complexity index is 68.5. The Morgan fingerprint density at radius 3 is 2.57 bits per heavy atom. The topological polar surface area (TPSA) is 20.2 Å². The number of hydrogen-bond acceptors (Lipinski definition) is 1. The predicted octanol–water partition coefficient (Wildman–Crippen LogP) is 1.81. The highest BCUT2D eigenvalue weighted by atomic mass is 19.1. The molecule has 2 heteroatoms. The molecule has 0 saturated carbocycles. The zero-order valence-corrected chi connectivity index (χ0v) is 4.32. The Labute approximate surface area is 42.5 Å². The van der Waals surface area contributed by atoms with Crippen LogP contribution in [0.1, 0.15) is 13.3 Å². The van der Waals surface area contributed by atoms with Gasteiger partial charge in [0.1, 0.15) is 0 Å². The number of halogens is 1. The molecule has 0 aliphatic carbocycles. The average Bonchev–Trinajstić information content (AvgIpc) is 1.68. The number of hydrogen-bond donors (Lipinski definition) is 1. The summed E-state index contributed by atoms with van der Waals surface area (Å²) in [6.45, 7) is 1.29. The molecule has 0 unspecified atom stereocenters. The standard InChI is InChI=1S/C5H9FO/c1-5(4-7)2-3-6/h4,7H,2-3H2,1H3. The molecular formula is C5H9FO. The number of rotatable bonds is 2. The summed E-state index contributed by atoms with van der Waals surface area (Å²) in [7, 11) is 0. The van der Waals surface area contributed by atoms with E-state index >= 15 is 0 Å². The van der Waals surface area contributed by atoms with E-state index in [2.05, 4.69) is 0 Å². The van der Waals surface area contributed by atoms with Gasteiger partial charge in [-0.15, -0.1) is 0 Å². The van der Waals surface area contributed by atoms with Gasteiger partial charge in [0.25, 0.3) is 0 Å². The second-order valence-electron chi connectivity index (χ2n) is 1.41. The fourth-order valence-corrected chi connectivity index (χ4v) is 0.214. The molecule has 0 rings (SSSR count). The molecule has 0 aromatic rings. The smallest absolute Gasteiger partial charge is 0.0932 e. The Morgan fingerprint density at radius 1 is 1.86 bits per heavy atom. The average molecular weight is 104 g/mol. The normalized spacial score (nSPS) is 12.0. The van der Waals surface area contributed by atoms with Crippen LogP contribution < -0.4 is 0 Å². The number of allylic oxidation sites excluding steroid dienone is 1. The summed E-state index contributed by atoms with van der Waals surface area (Å²) >= 11 is 0. The molecule has 7 heavy (non-hydrogen) atoms. The van der Waals surface area contributed by atoms with Crippen LogP contribution >= 0.6 is 0 Å². The summed E-state index contributed by atoms with van der Waals surface area (Å²) in [5, 5.41) is 8.14. The first-order valence-electron chi connectivity index (χ1n) is 2.17. The number of aliphatic hydroxyl groups excluding tert-OH is 1. The fraction of sp³-hybridized carbons (Fsp3) is 0.600. The zero-order valence-electron chi connectivity index (χ0n) is 4.32. The van der Waals surface area contributed by atoms with Crippen molar-refractivity contribution in [2.45, 2.75) is 13.3 Å². The first-order chi connectivity index (χ1) is 3.31. The van der Waals surface area contributed by atoms with E-state index in [1.807, 2.05) is 0 Å². The minimum absolute atomic E-state index is 0.344. The lowest BCUT2D eigenvalue weighted by atomic mass is 10.3. The first-order valence-corrected chi connectivity index (χ1v) is 2.17. The molecule has 0 spiro atoms. The highest BCUT2D eigenvalue weighted by molar-refractivity contribution is 4.90. The van der Waals surface area contributed by atoms with Crippen LogP contribution in [-0.2, 0) is 0 Å². The summed E-state index contributed by atoms with van der Waals surface area (Å²) in [4.78, 5) is 0. The summed E-state index contributed by atoms with van der Waals surface area (Å²) in [5.41, 5.74) is 0.683. The molecule has 0 radical (unpaired) electrons. The van der Waals surface area contributed by atoms with Crippen LogP contribution in [-0.4, -0.2) is 11.8 Å². The van der Waals surface area contributed by atoms with Crippen molar-refractivity contribution in [3.63, 3.8) is 0 Å². The van der Waals surface area contributed by atoms with Crippen LogP contribution in [0.4, 0.5) is 4.39 Å². The van der Waals surface area contributed by atoms with Crippen molar-refractivity contribution in [2.24, 2.45) is 0 Å². The zero-order chi connectivity index (χ0) is 5.70. The molecule has 1 nitrogen and oxygen atoms in total. The van der Waals surface area contributed by atoms with E-state index in [0.29, 0.717) is 12.0 Å². The van der Waals surface area contributed by atoms with Gasteiger partial charge in [0.05, 0.1) is 12.9 Å². The van der Waals surface area contributed by atoms with Gasteiger partial charge in [0.15, 0.2) is 0 Å². The molecule has 0 bridgehead atoms. The van der Waals surface area contributed by atoms with Crippen LogP contribution in [0.25, 0.3) is 0 Å². The van der Waals surface area contributed by atoms with E-state index in [1.165, 1.54) is 0 Å². The fourth-order valence-electron chi connectivity index (χ4n) is 0.214. The molecule has 0 aromatic heterocycles. The second kappa shape index (κ2) is 3.65. The molecule has 1 N–H and O–H groups in total. The third kappa shape index (κ3) is 3.30. The largest absolute Gasteiger partial charge is 0.516 e. The summed E-state index contributed by atoms with van der Waals surface area (Å²) in [6, 6.07) is 0. The minimum atomic E-state index is -0.386. The van der Waals surface area contributed by atoms with Crippen LogP contribution in [0.2, 0.25) is 0 Å². The third-order valence-electron chi connectivity index (χ3n) is 0.709. The molecule has 0 heterocycles. The van der Waals surface area contributed by atoms with Gasteiger partial charge in [0.2, 0.25) is 0 Å². The van der Waals surface area contributed by atoms with E-state index in [4.69, 9.17) is 5.11 Å². The van der Waals surface area contributed by atoms with Gasteiger partial charge < -0.3 is 5.11 Å². The second-order valence-corrected chi connectivity index (χ2v) is 1.41. The van der Waals surface area contributed by atoms with E-state index in [1.54, 1.807) is 6.92 Å². The van der Waals surface area contributed by atoms with Gasteiger partial charge in [-0.2, -0.15) is 0 Å². The van der Waals surface area contributed by atoms with Crippen LogP contribution in [0.3, 0.4) is 0 Å². The Morgan fingerprint density at radius 2 is 2.43 bits per heavy atom. The van der Waals surface area contributed by atoms with Gasteiger partial charge in [-0.1, -0.05) is 0 Å².